The average Bonchev–Trinajstić information content (AvgIpc) is 2.52. The van der Waals surface area contributed by atoms with Crippen molar-refractivity contribution in [3.05, 3.63) is 38.4 Å². The molecular formula is C13H16N4O7. The van der Waals surface area contributed by atoms with Gasteiger partial charge in [0.15, 0.2) is 0 Å². The van der Waals surface area contributed by atoms with E-state index < -0.39 is 27.2 Å². The maximum Gasteiger partial charge on any atom is 0.315 e. The van der Waals surface area contributed by atoms with E-state index in [0.717, 1.165) is 18.2 Å². The Hall–Kier alpha value is -3.24. The van der Waals surface area contributed by atoms with Crippen molar-refractivity contribution in [2.24, 2.45) is 5.10 Å². The summed E-state index contributed by atoms with van der Waals surface area (Å²) < 4.78 is 9.92. The van der Waals surface area contributed by atoms with Crippen molar-refractivity contribution in [1.29, 1.82) is 0 Å². The van der Waals surface area contributed by atoms with Gasteiger partial charge >= 0.3 is 11.7 Å². The minimum atomic E-state index is -0.781. The van der Waals surface area contributed by atoms with E-state index in [1.54, 1.807) is 13.8 Å². The van der Waals surface area contributed by atoms with E-state index >= 15 is 0 Å². The summed E-state index contributed by atoms with van der Waals surface area (Å²) in [5, 5.41) is 25.5. The molecule has 1 N–H and O–H groups in total. The number of non-ortho nitro benzene ring substituents is 1. The molecule has 24 heavy (non-hydrogen) atoms. The highest BCUT2D eigenvalue weighted by atomic mass is 16.6. The molecule has 0 saturated carbocycles. The molecule has 0 amide bonds. The first-order valence-electron chi connectivity index (χ1n) is 6.92. The number of nitrogens with one attached hydrogen (secondary N) is 1. The number of anilines is 1. The van der Waals surface area contributed by atoms with Gasteiger partial charge in [-0.2, -0.15) is 0 Å². The van der Waals surface area contributed by atoms with Crippen LogP contribution in [0.25, 0.3) is 0 Å². The Morgan fingerprint density at radius 2 is 1.83 bits per heavy atom. The maximum absolute atomic E-state index is 11.4. The second-order valence-corrected chi connectivity index (χ2v) is 4.25. The number of hydrogen-bond donors (Lipinski definition) is 1. The van der Waals surface area contributed by atoms with Crippen LogP contribution < -0.4 is 5.43 Å². The fourth-order valence-corrected chi connectivity index (χ4v) is 1.63. The summed E-state index contributed by atoms with van der Waals surface area (Å²) in [6, 6.07) is 3.05. The fraction of sp³-hybridized carbons (Fsp3) is 0.385. The molecule has 0 spiro atoms. The molecule has 0 unspecified atom stereocenters. The highest BCUT2D eigenvalue weighted by Gasteiger charge is 2.19. The predicted octanol–water partition coefficient (Wildman–Crippen LogP) is 2.22. The van der Waals surface area contributed by atoms with Crippen LogP contribution in [0.4, 0.5) is 17.1 Å². The summed E-state index contributed by atoms with van der Waals surface area (Å²) in [7, 11) is 0. The van der Waals surface area contributed by atoms with Crippen LogP contribution in [0.5, 0.6) is 0 Å². The lowest BCUT2D eigenvalue weighted by Crippen LogP contribution is -2.15. The van der Waals surface area contributed by atoms with E-state index in [4.69, 9.17) is 9.47 Å². The van der Waals surface area contributed by atoms with Gasteiger partial charge in [-0.25, -0.2) is 0 Å². The van der Waals surface area contributed by atoms with Gasteiger partial charge in [-0.15, -0.1) is 5.10 Å². The number of esters is 1. The summed E-state index contributed by atoms with van der Waals surface area (Å²) in [5.41, 5.74) is 1.36. The van der Waals surface area contributed by atoms with Crippen LogP contribution in [0, 0.1) is 20.2 Å². The standard InChI is InChI=1S/C13H16N4O7/c1-3-23-12(8-13(18)24-4-2)15-14-10-6-5-9(16(19)20)7-11(10)17(21)22/h5-7,14H,3-4,8H2,1-2H3/b15-12+. The lowest BCUT2D eigenvalue weighted by Gasteiger charge is -2.08. The Morgan fingerprint density at radius 3 is 2.38 bits per heavy atom. The number of hydrogen-bond acceptors (Lipinski definition) is 9. The summed E-state index contributed by atoms with van der Waals surface area (Å²) in [5.74, 6) is -0.590. The van der Waals surface area contributed by atoms with Crippen LogP contribution in [0.15, 0.2) is 23.3 Å². The van der Waals surface area contributed by atoms with Gasteiger partial charge in [0.05, 0.1) is 29.1 Å². The van der Waals surface area contributed by atoms with Crippen molar-refractivity contribution in [2.45, 2.75) is 20.3 Å². The number of nitrogens with zero attached hydrogens (tertiary/aromatic N) is 3. The second-order valence-electron chi connectivity index (χ2n) is 4.25. The molecule has 0 saturated heterocycles. The van der Waals surface area contributed by atoms with Gasteiger partial charge in [0.25, 0.3) is 5.69 Å². The smallest absolute Gasteiger partial charge is 0.315 e. The van der Waals surface area contributed by atoms with Crippen molar-refractivity contribution in [3.63, 3.8) is 0 Å². The third-order valence-electron chi connectivity index (χ3n) is 2.60. The molecule has 0 atom stereocenters. The zero-order chi connectivity index (χ0) is 18.1. The van der Waals surface area contributed by atoms with E-state index in [-0.39, 0.29) is 31.2 Å². The molecule has 11 nitrogen and oxygen atoms in total. The molecule has 0 bridgehead atoms. The number of nitro groups is 2. The quantitative estimate of drug-likeness (QED) is 0.249. The monoisotopic (exact) mass is 340 g/mol. The predicted molar refractivity (Wildman–Crippen MR) is 83.7 cm³/mol. The SMILES string of the molecule is CCOC(=O)C/C(=N\Nc1ccc([N+](=O)[O-])cc1[N+](=O)[O-])OCC. The minimum Gasteiger partial charge on any atom is -0.480 e. The van der Waals surface area contributed by atoms with Crippen LogP contribution in [-0.2, 0) is 14.3 Å². The summed E-state index contributed by atoms with van der Waals surface area (Å²) >= 11 is 0. The molecule has 0 fully saturated rings. The molecule has 0 aliphatic carbocycles. The van der Waals surface area contributed by atoms with Gasteiger partial charge in [0.2, 0.25) is 5.90 Å². The maximum atomic E-state index is 11.4. The van der Waals surface area contributed by atoms with Crippen LogP contribution in [0.3, 0.4) is 0 Å². The Labute approximate surface area is 136 Å². The number of ether oxygens (including phenoxy) is 2. The topological polar surface area (TPSA) is 146 Å². The molecule has 1 aromatic carbocycles. The van der Waals surface area contributed by atoms with Gasteiger partial charge in [-0.05, 0) is 19.9 Å². The van der Waals surface area contributed by atoms with Gasteiger partial charge in [0.1, 0.15) is 12.1 Å². The van der Waals surface area contributed by atoms with E-state index in [2.05, 4.69) is 10.5 Å². The average molecular weight is 340 g/mol. The van der Waals surface area contributed by atoms with Crippen LogP contribution >= 0.6 is 0 Å². The molecule has 0 aliphatic rings. The van der Waals surface area contributed by atoms with E-state index in [9.17, 15) is 25.0 Å². The van der Waals surface area contributed by atoms with Crippen LogP contribution in [0.2, 0.25) is 0 Å². The Balaban J connectivity index is 3.01. The Kier molecular flexibility index (Phi) is 7.07. The first-order chi connectivity index (χ1) is 11.4. The number of carbonyl (C=O) groups excluding carboxylic acids is 1. The van der Waals surface area contributed by atoms with E-state index in [0.29, 0.717) is 0 Å². The molecule has 0 radical (unpaired) electrons. The molecule has 0 heterocycles. The van der Waals surface area contributed by atoms with Crippen molar-refractivity contribution >= 4 is 28.9 Å². The number of benzene rings is 1. The number of carbonyl (C=O) groups is 1. The number of nitro benzene ring substituents is 2. The van der Waals surface area contributed by atoms with Gasteiger partial charge in [0, 0.05) is 6.07 Å². The Bertz CT molecular complexity index is 660. The van der Waals surface area contributed by atoms with Gasteiger partial charge < -0.3 is 9.47 Å². The lowest BCUT2D eigenvalue weighted by molar-refractivity contribution is -0.393. The van der Waals surface area contributed by atoms with Crippen LogP contribution in [0.1, 0.15) is 20.3 Å². The second kappa shape index (κ2) is 9.02. The van der Waals surface area contributed by atoms with Crippen molar-refractivity contribution in [3.8, 4) is 0 Å². The molecular weight excluding hydrogens is 324 g/mol. The largest absolute Gasteiger partial charge is 0.480 e. The van der Waals surface area contributed by atoms with Gasteiger partial charge in [-0.3, -0.25) is 30.4 Å². The third kappa shape index (κ3) is 5.51. The zero-order valence-corrected chi connectivity index (χ0v) is 13.1. The van der Waals surface area contributed by atoms with E-state index in [1.165, 1.54) is 0 Å². The number of hydrazone groups is 1. The van der Waals surface area contributed by atoms with E-state index in [1.807, 2.05) is 0 Å². The summed E-state index contributed by atoms with van der Waals surface area (Å²) in [6.45, 7) is 3.74. The first-order valence-corrected chi connectivity index (χ1v) is 6.92. The summed E-state index contributed by atoms with van der Waals surface area (Å²) in [6.07, 6.45) is -0.255. The fourth-order valence-electron chi connectivity index (χ4n) is 1.63. The van der Waals surface area contributed by atoms with Crippen molar-refractivity contribution in [1.82, 2.24) is 0 Å². The van der Waals surface area contributed by atoms with Crippen molar-refractivity contribution < 1.29 is 24.1 Å². The van der Waals surface area contributed by atoms with Crippen LogP contribution in [-0.4, -0.2) is 34.9 Å². The number of rotatable bonds is 8. The highest BCUT2D eigenvalue weighted by molar-refractivity contribution is 5.94. The third-order valence-corrected chi connectivity index (χ3v) is 2.60. The molecule has 0 aromatic heterocycles. The highest BCUT2D eigenvalue weighted by Crippen LogP contribution is 2.28. The van der Waals surface area contributed by atoms with Crippen molar-refractivity contribution in [2.75, 3.05) is 18.6 Å². The Morgan fingerprint density at radius 1 is 1.17 bits per heavy atom. The molecule has 130 valence electrons. The molecule has 11 heteroatoms. The molecule has 1 aromatic rings. The minimum absolute atomic E-state index is 0.0244. The molecule has 0 aliphatic heterocycles. The lowest BCUT2D eigenvalue weighted by atomic mass is 10.2. The first kappa shape index (κ1) is 18.8. The van der Waals surface area contributed by atoms with Gasteiger partial charge in [-0.1, -0.05) is 0 Å². The summed E-state index contributed by atoms with van der Waals surface area (Å²) in [4.78, 5) is 31.6. The molecule has 1 rings (SSSR count). The normalized spacial score (nSPS) is 10.8. The zero-order valence-electron chi connectivity index (χ0n) is 13.1.